The summed E-state index contributed by atoms with van der Waals surface area (Å²) in [6.45, 7) is 10.5. The minimum absolute atomic E-state index is 0.493. The minimum Gasteiger partial charge on any atom is -0.456 e. The number of nitrogen functional groups attached to an aromatic ring is 2. The molecule has 0 atom stereocenters. The first-order chi connectivity index (χ1) is 15.8. The van der Waals surface area contributed by atoms with Crippen LogP contribution in [0.3, 0.4) is 0 Å². The lowest BCUT2D eigenvalue weighted by molar-refractivity contribution is 0.430. The van der Waals surface area contributed by atoms with Crippen molar-refractivity contribution in [1.29, 1.82) is 0 Å². The Bertz CT molecular complexity index is 1450. The predicted octanol–water partition coefficient (Wildman–Crippen LogP) is 6.86. The van der Waals surface area contributed by atoms with Crippen LogP contribution in [0, 0.1) is 34.6 Å². The molecule has 33 heavy (non-hydrogen) atoms. The van der Waals surface area contributed by atoms with Crippen LogP contribution in [0.5, 0.6) is 11.5 Å². The third-order valence-corrected chi connectivity index (χ3v) is 7.76. The number of nitrogens with two attached hydrogens (primary N) is 2. The van der Waals surface area contributed by atoms with Gasteiger partial charge in [0.15, 0.2) is 0 Å². The molecule has 0 saturated carbocycles. The molecule has 1 aliphatic heterocycles. The van der Waals surface area contributed by atoms with E-state index in [1.165, 1.54) is 27.8 Å². The predicted molar refractivity (Wildman–Crippen MR) is 136 cm³/mol. The average molecular weight is 433 g/mol. The van der Waals surface area contributed by atoms with Crippen LogP contribution in [0.25, 0.3) is 11.1 Å². The highest BCUT2D eigenvalue weighted by Gasteiger charge is 2.52. The van der Waals surface area contributed by atoms with Gasteiger partial charge in [-0.15, -0.1) is 0 Å². The van der Waals surface area contributed by atoms with Crippen molar-refractivity contribution in [2.45, 2.75) is 40.0 Å². The van der Waals surface area contributed by atoms with E-state index in [2.05, 4.69) is 89.2 Å². The van der Waals surface area contributed by atoms with Crippen LogP contribution in [-0.4, -0.2) is 0 Å². The summed E-state index contributed by atoms with van der Waals surface area (Å²) in [5, 5.41) is 0. The maximum atomic E-state index is 6.70. The number of hydrogen-bond acceptors (Lipinski definition) is 3. The van der Waals surface area contributed by atoms with E-state index < -0.39 is 5.41 Å². The SMILES string of the molecule is Cc1ccc2c(c1)C1(c3ccccc3-2)c2cc(C)c(N)c(C)c2Oc2c1cc(C)c(N)c2C. The number of anilines is 2. The van der Waals surface area contributed by atoms with Crippen LogP contribution < -0.4 is 16.2 Å². The van der Waals surface area contributed by atoms with E-state index in [0.29, 0.717) is 0 Å². The lowest BCUT2D eigenvalue weighted by Gasteiger charge is -2.41. The van der Waals surface area contributed by atoms with E-state index in [9.17, 15) is 0 Å². The summed E-state index contributed by atoms with van der Waals surface area (Å²) >= 11 is 0. The molecule has 2 aliphatic rings. The van der Waals surface area contributed by atoms with Gasteiger partial charge in [-0.2, -0.15) is 0 Å². The zero-order chi connectivity index (χ0) is 23.2. The lowest BCUT2D eigenvalue weighted by atomic mass is 9.64. The molecule has 1 heterocycles. The molecule has 3 nitrogen and oxygen atoms in total. The van der Waals surface area contributed by atoms with E-state index in [1.807, 2.05) is 0 Å². The van der Waals surface area contributed by atoms with E-state index in [0.717, 1.165) is 56.3 Å². The molecular weight excluding hydrogens is 404 g/mol. The van der Waals surface area contributed by atoms with Gasteiger partial charge < -0.3 is 16.2 Å². The molecule has 0 unspecified atom stereocenters. The van der Waals surface area contributed by atoms with E-state index in [-0.39, 0.29) is 0 Å². The normalized spacial score (nSPS) is 14.3. The van der Waals surface area contributed by atoms with Gasteiger partial charge in [-0.05, 0) is 80.1 Å². The zero-order valence-corrected chi connectivity index (χ0v) is 19.8. The second-order valence-corrected chi connectivity index (χ2v) is 9.66. The molecule has 0 fully saturated rings. The Hall–Kier alpha value is -3.72. The molecule has 0 radical (unpaired) electrons. The number of aryl methyl sites for hydroxylation is 3. The molecule has 0 aromatic heterocycles. The molecule has 164 valence electrons. The molecule has 0 bridgehead atoms. The molecule has 0 amide bonds. The first kappa shape index (κ1) is 19.9. The Kier molecular flexibility index (Phi) is 3.87. The number of rotatable bonds is 0. The molecule has 0 saturated heterocycles. The van der Waals surface area contributed by atoms with Gasteiger partial charge in [0.1, 0.15) is 11.5 Å². The highest BCUT2D eigenvalue weighted by Crippen LogP contribution is 2.64. The molecular formula is C30H28N2O. The van der Waals surface area contributed by atoms with Gasteiger partial charge in [0.25, 0.3) is 0 Å². The maximum Gasteiger partial charge on any atom is 0.137 e. The number of hydrogen-bond donors (Lipinski definition) is 2. The fraction of sp³-hybridized carbons (Fsp3) is 0.200. The van der Waals surface area contributed by atoms with Gasteiger partial charge in [-0.1, -0.05) is 48.0 Å². The monoisotopic (exact) mass is 432 g/mol. The van der Waals surface area contributed by atoms with Gasteiger partial charge in [0.05, 0.1) is 5.41 Å². The Morgan fingerprint density at radius 2 is 1.15 bits per heavy atom. The van der Waals surface area contributed by atoms with Crippen molar-refractivity contribution < 1.29 is 4.74 Å². The Balaban J connectivity index is 1.90. The summed E-state index contributed by atoms with van der Waals surface area (Å²) in [4.78, 5) is 0. The molecule has 3 heteroatoms. The summed E-state index contributed by atoms with van der Waals surface area (Å²) in [5.41, 5.74) is 26.8. The smallest absolute Gasteiger partial charge is 0.137 e. The van der Waals surface area contributed by atoms with Crippen molar-refractivity contribution in [3.63, 3.8) is 0 Å². The summed E-state index contributed by atoms with van der Waals surface area (Å²) < 4.78 is 6.70. The van der Waals surface area contributed by atoms with Crippen LogP contribution in [0.4, 0.5) is 11.4 Å². The van der Waals surface area contributed by atoms with Crippen molar-refractivity contribution >= 4 is 11.4 Å². The second-order valence-electron chi connectivity index (χ2n) is 9.66. The van der Waals surface area contributed by atoms with Crippen LogP contribution in [-0.2, 0) is 5.41 Å². The van der Waals surface area contributed by atoms with Crippen molar-refractivity contribution in [2.24, 2.45) is 0 Å². The summed E-state index contributed by atoms with van der Waals surface area (Å²) in [5.74, 6) is 1.70. The average Bonchev–Trinajstić information content (AvgIpc) is 3.08. The van der Waals surface area contributed by atoms with Crippen molar-refractivity contribution in [3.05, 3.63) is 105 Å². The standard InChI is InChI=1S/C30H28N2O/c1-15-10-11-21-20-8-6-7-9-22(20)30(23(21)12-15)24-13-16(2)26(31)18(4)28(24)33-29-19(5)27(32)17(3)14-25(29)30/h6-14H,31-32H2,1-5H3. The fourth-order valence-corrected chi connectivity index (χ4v) is 6.00. The Morgan fingerprint density at radius 3 is 1.76 bits per heavy atom. The second kappa shape index (κ2) is 6.41. The quantitative estimate of drug-likeness (QED) is 0.258. The third kappa shape index (κ3) is 2.29. The molecule has 6 rings (SSSR count). The topological polar surface area (TPSA) is 61.3 Å². The zero-order valence-electron chi connectivity index (χ0n) is 19.8. The number of benzene rings is 4. The fourth-order valence-electron chi connectivity index (χ4n) is 6.00. The van der Waals surface area contributed by atoms with Crippen LogP contribution in [0.2, 0.25) is 0 Å². The number of fused-ring (bicyclic) bond motifs is 9. The van der Waals surface area contributed by atoms with Gasteiger partial charge in [-0.3, -0.25) is 0 Å². The minimum atomic E-state index is -0.493. The van der Waals surface area contributed by atoms with Crippen LogP contribution in [0.1, 0.15) is 50.1 Å². The van der Waals surface area contributed by atoms with E-state index in [4.69, 9.17) is 16.2 Å². The van der Waals surface area contributed by atoms with Crippen LogP contribution in [0.15, 0.2) is 54.6 Å². The summed E-state index contributed by atoms with van der Waals surface area (Å²) in [6, 6.07) is 20.0. The molecule has 1 spiro atoms. The Labute approximate surface area is 195 Å². The summed E-state index contributed by atoms with van der Waals surface area (Å²) in [6.07, 6.45) is 0. The molecule has 4 aromatic rings. The molecule has 4 N–H and O–H groups in total. The van der Waals surface area contributed by atoms with Gasteiger partial charge >= 0.3 is 0 Å². The van der Waals surface area contributed by atoms with Crippen LogP contribution >= 0.6 is 0 Å². The number of ether oxygens (including phenoxy) is 1. The van der Waals surface area contributed by atoms with Gasteiger partial charge in [0, 0.05) is 33.6 Å². The highest BCUT2D eigenvalue weighted by atomic mass is 16.5. The Morgan fingerprint density at radius 1 is 0.606 bits per heavy atom. The lowest BCUT2D eigenvalue weighted by Crippen LogP contribution is -2.33. The van der Waals surface area contributed by atoms with E-state index in [1.54, 1.807) is 0 Å². The first-order valence-corrected chi connectivity index (χ1v) is 11.5. The van der Waals surface area contributed by atoms with Gasteiger partial charge in [-0.25, -0.2) is 0 Å². The summed E-state index contributed by atoms with van der Waals surface area (Å²) in [7, 11) is 0. The van der Waals surface area contributed by atoms with Crippen molar-refractivity contribution in [3.8, 4) is 22.6 Å². The first-order valence-electron chi connectivity index (χ1n) is 11.5. The highest BCUT2D eigenvalue weighted by molar-refractivity contribution is 5.90. The molecule has 4 aromatic carbocycles. The van der Waals surface area contributed by atoms with Gasteiger partial charge in [0.2, 0.25) is 0 Å². The maximum absolute atomic E-state index is 6.70. The van der Waals surface area contributed by atoms with Crippen molar-refractivity contribution in [1.82, 2.24) is 0 Å². The largest absolute Gasteiger partial charge is 0.456 e. The van der Waals surface area contributed by atoms with E-state index >= 15 is 0 Å². The van der Waals surface area contributed by atoms with Crippen molar-refractivity contribution in [2.75, 3.05) is 11.5 Å². The molecule has 1 aliphatic carbocycles. The third-order valence-electron chi connectivity index (χ3n) is 7.76.